The molecule has 1 aromatic heterocycles. The lowest BCUT2D eigenvalue weighted by Gasteiger charge is -2.20. The first kappa shape index (κ1) is 32.5. The molecule has 208 valence electrons. The number of carbonyl (C=O) groups excluding carboxylic acids is 1. The second-order valence-corrected chi connectivity index (χ2v) is 9.89. The van der Waals surface area contributed by atoms with Gasteiger partial charge in [-0.25, -0.2) is 9.63 Å². The molecule has 6 nitrogen and oxygen atoms in total. The van der Waals surface area contributed by atoms with E-state index in [0.29, 0.717) is 32.7 Å². The molecule has 0 aliphatic heterocycles. The summed E-state index contributed by atoms with van der Waals surface area (Å²) < 4.78 is 13.2. The number of aromatic nitrogens is 1. The summed E-state index contributed by atoms with van der Waals surface area (Å²) in [5, 5.41) is 1.32. The van der Waals surface area contributed by atoms with Crippen LogP contribution in [-0.4, -0.2) is 51.1 Å². The van der Waals surface area contributed by atoms with Gasteiger partial charge in [-0.2, -0.15) is 0 Å². The highest BCUT2D eigenvalue weighted by molar-refractivity contribution is 5.44. The van der Waals surface area contributed by atoms with Crippen LogP contribution in [0.2, 0.25) is 0 Å². The van der Waals surface area contributed by atoms with E-state index in [1.165, 1.54) is 101 Å². The van der Waals surface area contributed by atoms with Crippen molar-refractivity contribution in [3.05, 3.63) is 30.6 Å². The van der Waals surface area contributed by atoms with Gasteiger partial charge in [0.15, 0.2) is 18.9 Å². The smallest absolute Gasteiger partial charge is 0.233 e. The van der Waals surface area contributed by atoms with E-state index < -0.39 is 0 Å². The van der Waals surface area contributed by atoms with Gasteiger partial charge in [0.2, 0.25) is 6.41 Å². The molecule has 1 unspecified atom stereocenters. The van der Waals surface area contributed by atoms with Crippen LogP contribution in [0, 0.1) is 0 Å². The van der Waals surface area contributed by atoms with E-state index >= 15 is 0 Å². The zero-order valence-electron chi connectivity index (χ0n) is 23.4. The number of hydroxylamine groups is 2. The van der Waals surface area contributed by atoms with Gasteiger partial charge in [-0.15, -0.1) is 0 Å². The van der Waals surface area contributed by atoms with E-state index in [1.807, 2.05) is 35.2 Å². The third-order valence-electron chi connectivity index (χ3n) is 6.68. The monoisotopic (exact) mass is 507 g/mol. The lowest BCUT2D eigenvalue weighted by Crippen LogP contribution is -2.40. The molecule has 0 fully saturated rings. The first-order chi connectivity index (χ1) is 17.8. The van der Waals surface area contributed by atoms with Crippen LogP contribution in [0.5, 0.6) is 0 Å². The van der Waals surface area contributed by atoms with Crippen LogP contribution >= 0.6 is 0 Å². The number of hydrogen-bond donors (Lipinski definition) is 0. The van der Waals surface area contributed by atoms with E-state index in [1.54, 1.807) is 7.11 Å². The maximum atomic E-state index is 11.3. The Labute approximate surface area is 221 Å². The maximum absolute atomic E-state index is 11.3. The Morgan fingerprint density at radius 1 is 0.750 bits per heavy atom. The van der Waals surface area contributed by atoms with Crippen molar-refractivity contribution in [2.24, 2.45) is 0 Å². The summed E-state index contributed by atoms with van der Waals surface area (Å²) in [5.74, 6) is 0. The molecule has 0 saturated heterocycles. The van der Waals surface area contributed by atoms with E-state index in [0.717, 1.165) is 13.0 Å². The SMILES string of the molecule is CCCCCCCCCCCCCCCCCCOCC(CON(C=O)CC[n+]1ccccc1)OC. The number of carbonyl (C=O) groups is 1. The Bertz CT molecular complexity index is 588. The Morgan fingerprint density at radius 3 is 1.78 bits per heavy atom. The van der Waals surface area contributed by atoms with Crippen molar-refractivity contribution in [2.45, 2.75) is 122 Å². The Kier molecular flexibility index (Phi) is 22.7. The molecule has 1 rings (SSSR count). The number of pyridine rings is 1. The summed E-state index contributed by atoms with van der Waals surface area (Å²) in [7, 11) is 1.65. The lowest BCUT2D eigenvalue weighted by atomic mass is 10.0. The van der Waals surface area contributed by atoms with Crippen molar-refractivity contribution in [3.63, 3.8) is 0 Å². The highest BCUT2D eigenvalue weighted by Crippen LogP contribution is 2.13. The molecule has 0 N–H and O–H groups in total. The minimum absolute atomic E-state index is 0.183. The number of rotatable bonds is 27. The molecular formula is C30H55N2O4+. The van der Waals surface area contributed by atoms with Crippen LogP contribution < -0.4 is 4.57 Å². The van der Waals surface area contributed by atoms with Crippen LogP contribution in [-0.2, 0) is 25.7 Å². The second-order valence-electron chi connectivity index (χ2n) is 9.89. The summed E-state index contributed by atoms with van der Waals surface area (Å²) >= 11 is 0. The van der Waals surface area contributed by atoms with Gasteiger partial charge in [-0.1, -0.05) is 109 Å². The first-order valence-corrected chi connectivity index (χ1v) is 14.7. The zero-order valence-corrected chi connectivity index (χ0v) is 23.4. The molecule has 0 bridgehead atoms. The van der Waals surface area contributed by atoms with Gasteiger partial charge in [-0.05, 0) is 6.42 Å². The lowest BCUT2D eigenvalue weighted by molar-refractivity contribution is -0.697. The zero-order chi connectivity index (χ0) is 25.9. The largest absolute Gasteiger partial charge is 0.379 e. The summed E-state index contributed by atoms with van der Waals surface area (Å²) in [6, 6.07) is 5.89. The highest BCUT2D eigenvalue weighted by Gasteiger charge is 2.12. The van der Waals surface area contributed by atoms with Gasteiger partial charge in [0.05, 0.1) is 6.61 Å². The number of hydrogen-bond acceptors (Lipinski definition) is 4. The van der Waals surface area contributed by atoms with Crippen LogP contribution in [0.1, 0.15) is 110 Å². The van der Waals surface area contributed by atoms with E-state index in [2.05, 4.69) is 6.92 Å². The van der Waals surface area contributed by atoms with Crippen molar-refractivity contribution in [1.82, 2.24) is 5.06 Å². The third kappa shape index (κ3) is 19.7. The topological polar surface area (TPSA) is 51.9 Å². The second kappa shape index (κ2) is 25.2. The molecule has 0 aromatic carbocycles. The van der Waals surface area contributed by atoms with Crippen molar-refractivity contribution in [3.8, 4) is 0 Å². The fourth-order valence-electron chi connectivity index (χ4n) is 4.28. The molecule has 1 amide bonds. The summed E-state index contributed by atoms with van der Waals surface area (Å²) in [4.78, 5) is 16.9. The minimum Gasteiger partial charge on any atom is -0.379 e. The van der Waals surface area contributed by atoms with Crippen LogP contribution in [0.15, 0.2) is 30.6 Å². The number of nitrogens with zero attached hydrogens (tertiary/aromatic N) is 2. The molecule has 6 heteroatoms. The van der Waals surface area contributed by atoms with Crippen LogP contribution in [0.4, 0.5) is 0 Å². The molecular weight excluding hydrogens is 452 g/mol. The molecule has 0 radical (unpaired) electrons. The summed E-state index contributed by atoms with van der Waals surface area (Å²) in [5.41, 5.74) is 0. The predicted octanol–water partition coefficient (Wildman–Crippen LogP) is 6.66. The molecule has 0 saturated carbocycles. The van der Waals surface area contributed by atoms with Gasteiger partial charge < -0.3 is 9.47 Å². The van der Waals surface area contributed by atoms with E-state index in [9.17, 15) is 4.79 Å². The van der Waals surface area contributed by atoms with Crippen molar-refractivity contribution in [2.75, 3.05) is 33.5 Å². The Morgan fingerprint density at radius 2 is 1.28 bits per heavy atom. The molecule has 36 heavy (non-hydrogen) atoms. The summed E-state index contributed by atoms with van der Waals surface area (Å²) in [6.07, 6.45) is 26.4. The minimum atomic E-state index is -0.183. The summed E-state index contributed by atoms with van der Waals surface area (Å²) in [6.45, 7) is 4.97. The van der Waals surface area contributed by atoms with Crippen molar-refractivity contribution in [1.29, 1.82) is 0 Å². The molecule has 1 heterocycles. The fourth-order valence-corrected chi connectivity index (χ4v) is 4.28. The maximum Gasteiger partial charge on any atom is 0.233 e. The number of amides is 1. The molecule has 0 aliphatic rings. The van der Waals surface area contributed by atoms with Crippen molar-refractivity contribution >= 4 is 6.41 Å². The average molecular weight is 508 g/mol. The van der Waals surface area contributed by atoms with E-state index in [4.69, 9.17) is 14.3 Å². The number of unbranched alkanes of at least 4 members (excludes halogenated alkanes) is 15. The van der Waals surface area contributed by atoms with Gasteiger partial charge >= 0.3 is 0 Å². The third-order valence-corrected chi connectivity index (χ3v) is 6.68. The van der Waals surface area contributed by atoms with E-state index in [-0.39, 0.29) is 6.10 Å². The fraction of sp³-hybridized carbons (Fsp3) is 0.800. The Balaban J connectivity index is 1.88. The van der Waals surface area contributed by atoms with Crippen LogP contribution in [0.25, 0.3) is 0 Å². The standard InChI is InChI=1S/C30H55N2O4/c1-3-4-5-6-7-8-9-10-11-12-13-14-15-16-17-21-26-35-27-30(34-2)28-36-32(29-33)25-24-31-22-19-18-20-23-31/h18-20,22-23,29-30H,3-17,21,24-28H2,1-2H3/q+1. The predicted molar refractivity (Wildman–Crippen MR) is 147 cm³/mol. The van der Waals surface area contributed by atoms with Gasteiger partial charge in [0.25, 0.3) is 0 Å². The van der Waals surface area contributed by atoms with Gasteiger partial charge in [0, 0.05) is 25.8 Å². The molecule has 1 atom stereocenters. The Hall–Kier alpha value is -1.50. The number of methoxy groups -OCH3 is 1. The molecule has 0 spiro atoms. The molecule has 0 aliphatic carbocycles. The highest BCUT2D eigenvalue weighted by atomic mass is 16.7. The van der Waals surface area contributed by atoms with Crippen molar-refractivity contribution < 1.29 is 23.7 Å². The van der Waals surface area contributed by atoms with Gasteiger partial charge in [0.1, 0.15) is 19.3 Å². The first-order valence-electron chi connectivity index (χ1n) is 14.7. The normalized spacial score (nSPS) is 12.1. The quantitative estimate of drug-likeness (QED) is 0.0578. The average Bonchev–Trinajstić information content (AvgIpc) is 2.91. The molecule has 1 aromatic rings. The van der Waals surface area contributed by atoms with Gasteiger partial charge in [-0.3, -0.25) is 9.63 Å². The van der Waals surface area contributed by atoms with Crippen LogP contribution in [0.3, 0.4) is 0 Å². The number of ether oxygens (including phenoxy) is 2.